The van der Waals surface area contributed by atoms with Crippen molar-refractivity contribution in [2.45, 2.75) is 18.9 Å². The highest BCUT2D eigenvalue weighted by Gasteiger charge is 2.15. The topological polar surface area (TPSA) is 83.8 Å². The van der Waals surface area contributed by atoms with Crippen LogP contribution in [0.4, 0.5) is 11.4 Å². The highest BCUT2D eigenvalue weighted by molar-refractivity contribution is 7.99. The molecule has 1 atom stereocenters. The number of fused-ring (bicyclic) bond motifs is 1. The SMILES string of the molecule is Nc1cc2c(=O)[nH]cnc2cc1NC1CCCSC1. The van der Waals surface area contributed by atoms with Crippen molar-refractivity contribution in [2.75, 3.05) is 22.6 Å². The standard InChI is InChI=1S/C13H16N4OS/c14-10-4-9-11(15-7-16-13(9)18)5-12(10)17-8-2-1-3-19-6-8/h4-5,7-8,17H,1-3,6,14H2,(H,15,16,18). The molecular weight excluding hydrogens is 260 g/mol. The average molecular weight is 276 g/mol. The largest absolute Gasteiger partial charge is 0.397 e. The van der Waals surface area contributed by atoms with Gasteiger partial charge in [0.15, 0.2) is 0 Å². The lowest BCUT2D eigenvalue weighted by Gasteiger charge is -2.24. The summed E-state index contributed by atoms with van der Waals surface area (Å²) < 4.78 is 0. The van der Waals surface area contributed by atoms with Gasteiger partial charge in [-0.3, -0.25) is 4.79 Å². The van der Waals surface area contributed by atoms with Crippen molar-refractivity contribution < 1.29 is 0 Å². The second kappa shape index (κ2) is 5.13. The van der Waals surface area contributed by atoms with Crippen LogP contribution in [0.1, 0.15) is 12.8 Å². The number of benzene rings is 1. The minimum absolute atomic E-state index is 0.156. The lowest BCUT2D eigenvalue weighted by Crippen LogP contribution is -2.26. The highest BCUT2D eigenvalue weighted by Crippen LogP contribution is 2.26. The number of H-pyrrole nitrogens is 1. The Morgan fingerprint density at radius 1 is 1.47 bits per heavy atom. The molecule has 1 aromatic carbocycles. The fraction of sp³-hybridized carbons (Fsp3) is 0.385. The van der Waals surface area contributed by atoms with E-state index in [4.69, 9.17) is 5.73 Å². The first kappa shape index (κ1) is 12.3. The summed E-state index contributed by atoms with van der Waals surface area (Å²) in [6.07, 6.45) is 3.81. The Hall–Kier alpha value is -1.69. The number of thioether (sulfide) groups is 1. The van der Waals surface area contributed by atoms with Crippen LogP contribution in [0.2, 0.25) is 0 Å². The van der Waals surface area contributed by atoms with Gasteiger partial charge in [-0.25, -0.2) is 4.98 Å². The molecule has 0 amide bonds. The number of nitrogens with one attached hydrogen (secondary N) is 2. The number of aromatic amines is 1. The van der Waals surface area contributed by atoms with Gasteiger partial charge in [-0.2, -0.15) is 11.8 Å². The first-order valence-electron chi connectivity index (χ1n) is 6.35. The lowest BCUT2D eigenvalue weighted by atomic mass is 10.1. The minimum Gasteiger partial charge on any atom is -0.397 e. The van der Waals surface area contributed by atoms with E-state index in [1.165, 1.54) is 18.5 Å². The number of rotatable bonds is 2. The number of hydrogen-bond donors (Lipinski definition) is 3. The van der Waals surface area contributed by atoms with Crippen molar-refractivity contribution in [1.82, 2.24) is 9.97 Å². The van der Waals surface area contributed by atoms with Gasteiger partial charge in [0.05, 0.1) is 28.6 Å². The summed E-state index contributed by atoms with van der Waals surface area (Å²) in [4.78, 5) is 18.4. The third-order valence-electron chi connectivity index (χ3n) is 3.33. The maximum atomic E-state index is 11.7. The molecule has 4 N–H and O–H groups in total. The average Bonchev–Trinajstić information content (AvgIpc) is 2.42. The molecule has 5 nitrogen and oxygen atoms in total. The molecule has 0 radical (unpaired) electrons. The van der Waals surface area contributed by atoms with Gasteiger partial charge in [0.2, 0.25) is 0 Å². The highest BCUT2D eigenvalue weighted by atomic mass is 32.2. The molecule has 0 bridgehead atoms. The smallest absolute Gasteiger partial charge is 0.258 e. The van der Waals surface area contributed by atoms with Gasteiger partial charge in [-0.1, -0.05) is 0 Å². The first-order valence-corrected chi connectivity index (χ1v) is 7.51. The van der Waals surface area contributed by atoms with E-state index in [2.05, 4.69) is 15.3 Å². The van der Waals surface area contributed by atoms with Gasteiger partial charge in [-0.05, 0) is 30.7 Å². The third-order valence-corrected chi connectivity index (χ3v) is 4.55. The third kappa shape index (κ3) is 2.53. The van der Waals surface area contributed by atoms with Crippen LogP contribution in [0, 0.1) is 0 Å². The quantitative estimate of drug-likeness (QED) is 0.729. The second-order valence-electron chi connectivity index (χ2n) is 4.75. The molecule has 3 rings (SSSR count). The summed E-state index contributed by atoms with van der Waals surface area (Å²) in [5.74, 6) is 2.34. The zero-order chi connectivity index (χ0) is 13.2. The summed E-state index contributed by atoms with van der Waals surface area (Å²) in [7, 11) is 0. The van der Waals surface area contributed by atoms with E-state index in [-0.39, 0.29) is 5.56 Å². The fourth-order valence-corrected chi connectivity index (χ4v) is 3.40. The van der Waals surface area contributed by atoms with Crippen LogP contribution in [0.3, 0.4) is 0 Å². The molecule has 2 heterocycles. The van der Waals surface area contributed by atoms with Crippen LogP contribution >= 0.6 is 11.8 Å². The summed E-state index contributed by atoms with van der Waals surface area (Å²) in [6.45, 7) is 0. The zero-order valence-electron chi connectivity index (χ0n) is 10.5. The summed E-state index contributed by atoms with van der Waals surface area (Å²) in [6, 6.07) is 4.00. The molecule has 100 valence electrons. The zero-order valence-corrected chi connectivity index (χ0v) is 11.3. The van der Waals surface area contributed by atoms with Gasteiger partial charge >= 0.3 is 0 Å². The van der Waals surface area contributed by atoms with Crippen molar-refractivity contribution >= 4 is 34.0 Å². The second-order valence-corrected chi connectivity index (χ2v) is 5.90. The maximum absolute atomic E-state index is 11.7. The van der Waals surface area contributed by atoms with Gasteiger partial charge in [0, 0.05) is 11.8 Å². The molecule has 6 heteroatoms. The van der Waals surface area contributed by atoms with Crippen molar-refractivity contribution in [1.29, 1.82) is 0 Å². The monoisotopic (exact) mass is 276 g/mol. The van der Waals surface area contributed by atoms with Gasteiger partial charge in [-0.15, -0.1) is 0 Å². The van der Waals surface area contributed by atoms with Crippen molar-refractivity contribution in [3.63, 3.8) is 0 Å². The summed E-state index contributed by atoms with van der Waals surface area (Å²) in [5.41, 5.74) is 8.01. The molecule has 1 aliphatic heterocycles. The molecule has 2 aromatic rings. The maximum Gasteiger partial charge on any atom is 0.258 e. The van der Waals surface area contributed by atoms with E-state index in [9.17, 15) is 4.79 Å². The number of aromatic nitrogens is 2. The van der Waals surface area contributed by atoms with Gasteiger partial charge < -0.3 is 16.0 Å². The first-order chi connectivity index (χ1) is 9.24. The minimum atomic E-state index is -0.156. The Morgan fingerprint density at radius 3 is 3.16 bits per heavy atom. The normalized spacial score (nSPS) is 19.5. The van der Waals surface area contributed by atoms with E-state index < -0.39 is 0 Å². The molecule has 1 fully saturated rings. The Morgan fingerprint density at radius 2 is 2.37 bits per heavy atom. The fourth-order valence-electron chi connectivity index (χ4n) is 2.33. The van der Waals surface area contributed by atoms with Crippen LogP contribution in [-0.2, 0) is 0 Å². The number of anilines is 2. The molecule has 1 aromatic heterocycles. The Balaban J connectivity index is 1.95. The lowest BCUT2D eigenvalue weighted by molar-refractivity contribution is 0.685. The van der Waals surface area contributed by atoms with Crippen molar-refractivity contribution in [2.24, 2.45) is 0 Å². The summed E-state index contributed by atoms with van der Waals surface area (Å²) >= 11 is 1.96. The summed E-state index contributed by atoms with van der Waals surface area (Å²) in [5, 5.41) is 3.99. The van der Waals surface area contributed by atoms with E-state index in [0.717, 1.165) is 17.9 Å². The number of nitrogens with two attached hydrogens (primary N) is 1. The number of nitrogen functional groups attached to an aromatic ring is 1. The van der Waals surface area contributed by atoms with E-state index >= 15 is 0 Å². The van der Waals surface area contributed by atoms with Gasteiger partial charge in [0.1, 0.15) is 0 Å². The predicted molar refractivity (Wildman–Crippen MR) is 80.7 cm³/mol. The molecule has 0 saturated carbocycles. The van der Waals surface area contributed by atoms with Gasteiger partial charge in [0.25, 0.3) is 5.56 Å². The van der Waals surface area contributed by atoms with E-state index in [1.54, 1.807) is 6.07 Å². The molecule has 0 aliphatic carbocycles. The van der Waals surface area contributed by atoms with E-state index in [0.29, 0.717) is 22.6 Å². The van der Waals surface area contributed by atoms with Crippen LogP contribution in [0.15, 0.2) is 23.3 Å². The molecule has 19 heavy (non-hydrogen) atoms. The number of hydrogen-bond acceptors (Lipinski definition) is 5. The van der Waals surface area contributed by atoms with Crippen LogP contribution in [0.5, 0.6) is 0 Å². The molecule has 1 saturated heterocycles. The number of nitrogens with zero attached hydrogens (tertiary/aromatic N) is 1. The predicted octanol–water partition coefficient (Wildman–Crippen LogP) is 1.81. The van der Waals surface area contributed by atoms with Crippen LogP contribution in [-0.4, -0.2) is 27.5 Å². The Bertz CT molecular complexity index is 649. The van der Waals surface area contributed by atoms with Crippen molar-refractivity contribution in [3.05, 3.63) is 28.8 Å². The molecule has 0 spiro atoms. The molecular formula is C13H16N4OS. The molecule has 1 unspecified atom stereocenters. The van der Waals surface area contributed by atoms with Crippen molar-refractivity contribution in [3.8, 4) is 0 Å². The van der Waals surface area contributed by atoms with Crippen LogP contribution in [0.25, 0.3) is 10.9 Å². The Kier molecular flexibility index (Phi) is 3.33. The van der Waals surface area contributed by atoms with Crippen LogP contribution < -0.4 is 16.6 Å². The van der Waals surface area contributed by atoms with E-state index in [1.807, 2.05) is 17.8 Å². The Labute approximate surface area is 115 Å². The molecule has 1 aliphatic rings.